The number of nitrogens with zero attached hydrogens (tertiary/aromatic N) is 4. The number of ether oxygens (including phenoxy) is 1. The first-order valence-corrected chi connectivity index (χ1v) is 5.78. The Bertz CT molecular complexity index is 523. The molecule has 0 atom stereocenters. The lowest BCUT2D eigenvalue weighted by Crippen LogP contribution is -2.07. The number of methoxy groups -OCH3 is 1. The molecule has 0 aliphatic carbocycles. The van der Waals surface area contributed by atoms with Crippen LogP contribution in [0.25, 0.3) is 0 Å². The summed E-state index contributed by atoms with van der Waals surface area (Å²) in [5.74, 6) is 2.05. The molecular weight excluding hydrogens is 230 g/mol. The smallest absolute Gasteiger partial charge is 0.218 e. The molecule has 2 aromatic heterocycles. The van der Waals surface area contributed by atoms with Crippen LogP contribution in [0.15, 0.2) is 18.5 Å². The van der Waals surface area contributed by atoms with Crippen LogP contribution in [0.1, 0.15) is 11.4 Å². The molecule has 0 aliphatic heterocycles. The second-order valence-corrected chi connectivity index (χ2v) is 4.04. The van der Waals surface area contributed by atoms with E-state index in [0.717, 1.165) is 18.8 Å². The van der Waals surface area contributed by atoms with Gasteiger partial charge < -0.3 is 10.1 Å². The van der Waals surface area contributed by atoms with Crippen LogP contribution in [0.5, 0.6) is 5.88 Å². The fourth-order valence-electron chi connectivity index (χ4n) is 1.67. The van der Waals surface area contributed by atoms with Gasteiger partial charge in [0.2, 0.25) is 5.88 Å². The number of aromatic nitrogens is 4. The Kier molecular flexibility index (Phi) is 3.76. The summed E-state index contributed by atoms with van der Waals surface area (Å²) in [7, 11) is 3.51. The molecule has 2 aromatic rings. The average Bonchev–Trinajstić information content (AvgIpc) is 2.74. The van der Waals surface area contributed by atoms with Gasteiger partial charge in [-0.25, -0.2) is 4.98 Å². The molecule has 2 rings (SSSR count). The number of nitrogens with one attached hydrogen (secondary N) is 1. The summed E-state index contributed by atoms with van der Waals surface area (Å²) in [4.78, 5) is 8.43. The largest absolute Gasteiger partial charge is 0.481 e. The molecule has 0 aromatic carbocycles. The minimum absolute atomic E-state index is 0.575. The molecule has 18 heavy (non-hydrogen) atoms. The van der Waals surface area contributed by atoms with Crippen LogP contribution in [0.3, 0.4) is 0 Å². The topological polar surface area (TPSA) is 64.9 Å². The zero-order chi connectivity index (χ0) is 13.0. The summed E-state index contributed by atoms with van der Waals surface area (Å²) >= 11 is 0. The maximum atomic E-state index is 5.10. The number of anilines is 1. The Morgan fingerprint density at radius 2 is 2.22 bits per heavy atom. The molecule has 6 nitrogen and oxygen atoms in total. The van der Waals surface area contributed by atoms with Crippen LogP contribution in [-0.4, -0.2) is 33.4 Å². The molecule has 6 heteroatoms. The molecule has 0 saturated heterocycles. The highest BCUT2D eigenvalue weighted by molar-refractivity contribution is 5.38. The monoisotopic (exact) mass is 247 g/mol. The number of hydrogen-bond donors (Lipinski definition) is 1. The number of rotatable bonds is 5. The Morgan fingerprint density at radius 3 is 2.89 bits per heavy atom. The van der Waals surface area contributed by atoms with Gasteiger partial charge in [-0.05, 0) is 18.9 Å². The third kappa shape index (κ3) is 3.19. The third-order valence-corrected chi connectivity index (χ3v) is 2.50. The van der Waals surface area contributed by atoms with E-state index >= 15 is 0 Å². The first kappa shape index (κ1) is 12.3. The summed E-state index contributed by atoms with van der Waals surface area (Å²) < 4.78 is 6.90. The van der Waals surface area contributed by atoms with Crippen LogP contribution in [0, 0.1) is 6.92 Å². The fraction of sp³-hybridized carbons (Fsp3) is 0.417. The van der Waals surface area contributed by atoms with E-state index in [2.05, 4.69) is 20.4 Å². The molecule has 0 saturated carbocycles. The van der Waals surface area contributed by atoms with E-state index in [4.69, 9.17) is 4.74 Å². The van der Waals surface area contributed by atoms with Crippen LogP contribution < -0.4 is 10.1 Å². The predicted molar refractivity (Wildman–Crippen MR) is 68.7 cm³/mol. The third-order valence-electron chi connectivity index (χ3n) is 2.50. The van der Waals surface area contributed by atoms with Crippen molar-refractivity contribution in [2.24, 2.45) is 7.05 Å². The van der Waals surface area contributed by atoms with Gasteiger partial charge >= 0.3 is 0 Å². The molecule has 0 bridgehead atoms. The fourth-order valence-corrected chi connectivity index (χ4v) is 1.67. The van der Waals surface area contributed by atoms with Gasteiger partial charge in [-0.1, -0.05) is 0 Å². The maximum Gasteiger partial charge on any atom is 0.218 e. The predicted octanol–water partition coefficient (Wildman–Crippen LogP) is 1.18. The molecular formula is C12H17N5O. The summed E-state index contributed by atoms with van der Waals surface area (Å²) in [6.45, 7) is 2.64. The van der Waals surface area contributed by atoms with Crippen LogP contribution in [-0.2, 0) is 13.5 Å². The summed E-state index contributed by atoms with van der Waals surface area (Å²) in [5.41, 5.74) is 1.20. The molecule has 1 N–H and O–H groups in total. The Morgan fingerprint density at radius 1 is 1.39 bits per heavy atom. The second-order valence-electron chi connectivity index (χ2n) is 4.04. The van der Waals surface area contributed by atoms with Crippen molar-refractivity contribution in [1.29, 1.82) is 0 Å². The van der Waals surface area contributed by atoms with Crippen LogP contribution >= 0.6 is 0 Å². The van der Waals surface area contributed by atoms with E-state index in [1.165, 1.54) is 5.56 Å². The molecule has 0 unspecified atom stereocenters. The number of aryl methyl sites for hydroxylation is 2. The van der Waals surface area contributed by atoms with Crippen molar-refractivity contribution in [1.82, 2.24) is 19.7 Å². The molecule has 96 valence electrons. The number of hydrogen-bond acceptors (Lipinski definition) is 5. The average molecular weight is 247 g/mol. The first-order valence-electron chi connectivity index (χ1n) is 5.78. The van der Waals surface area contributed by atoms with Gasteiger partial charge in [0.15, 0.2) is 0 Å². The summed E-state index contributed by atoms with van der Waals surface area (Å²) in [6.07, 6.45) is 4.78. The lowest BCUT2D eigenvalue weighted by Gasteiger charge is -2.07. The SMILES string of the molecule is COc1cc(NCCc2cnn(C)c2)nc(C)n1. The Labute approximate surface area is 106 Å². The van der Waals surface area contributed by atoms with E-state index in [-0.39, 0.29) is 0 Å². The minimum atomic E-state index is 0.575. The van der Waals surface area contributed by atoms with E-state index in [1.54, 1.807) is 17.9 Å². The highest BCUT2D eigenvalue weighted by Crippen LogP contribution is 2.12. The Hall–Kier alpha value is -2.11. The zero-order valence-electron chi connectivity index (χ0n) is 10.8. The van der Waals surface area contributed by atoms with Gasteiger partial charge in [0.1, 0.15) is 11.6 Å². The van der Waals surface area contributed by atoms with E-state index in [1.807, 2.05) is 26.4 Å². The van der Waals surface area contributed by atoms with Crippen LogP contribution in [0.4, 0.5) is 5.82 Å². The molecule has 2 heterocycles. The Balaban J connectivity index is 1.91. The van der Waals surface area contributed by atoms with Gasteiger partial charge in [0, 0.05) is 25.9 Å². The molecule has 0 fully saturated rings. The van der Waals surface area contributed by atoms with E-state index in [0.29, 0.717) is 11.7 Å². The molecule has 0 amide bonds. The standard InChI is InChI=1S/C12H17N5O/c1-9-15-11(6-12(16-9)18-3)13-5-4-10-7-14-17(2)8-10/h6-8H,4-5H2,1-3H3,(H,13,15,16). The van der Waals surface area contributed by atoms with Crippen molar-refractivity contribution in [2.75, 3.05) is 19.0 Å². The van der Waals surface area contributed by atoms with Crippen molar-refractivity contribution in [3.8, 4) is 5.88 Å². The van der Waals surface area contributed by atoms with Crippen molar-refractivity contribution < 1.29 is 4.74 Å². The first-order chi connectivity index (χ1) is 8.67. The normalized spacial score (nSPS) is 10.4. The minimum Gasteiger partial charge on any atom is -0.481 e. The van der Waals surface area contributed by atoms with Crippen molar-refractivity contribution in [3.05, 3.63) is 29.8 Å². The van der Waals surface area contributed by atoms with Crippen LogP contribution in [0.2, 0.25) is 0 Å². The van der Waals surface area contributed by atoms with Gasteiger partial charge in [0.05, 0.1) is 13.3 Å². The van der Waals surface area contributed by atoms with Gasteiger partial charge in [-0.2, -0.15) is 10.1 Å². The van der Waals surface area contributed by atoms with E-state index < -0.39 is 0 Å². The molecule has 0 aliphatic rings. The van der Waals surface area contributed by atoms with Gasteiger partial charge in [-0.15, -0.1) is 0 Å². The zero-order valence-corrected chi connectivity index (χ0v) is 10.8. The summed E-state index contributed by atoms with van der Waals surface area (Å²) in [5, 5.41) is 7.38. The van der Waals surface area contributed by atoms with E-state index in [9.17, 15) is 0 Å². The maximum absolute atomic E-state index is 5.10. The highest BCUT2D eigenvalue weighted by atomic mass is 16.5. The van der Waals surface area contributed by atoms with Gasteiger partial charge in [-0.3, -0.25) is 4.68 Å². The van der Waals surface area contributed by atoms with Crippen molar-refractivity contribution in [3.63, 3.8) is 0 Å². The lowest BCUT2D eigenvalue weighted by atomic mass is 10.2. The molecule has 0 spiro atoms. The molecule has 0 radical (unpaired) electrons. The second kappa shape index (κ2) is 5.48. The van der Waals surface area contributed by atoms with Gasteiger partial charge in [0.25, 0.3) is 0 Å². The quantitative estimate of drug-likeness (QED) is 0.859. The highest BCUT2D eigenvalue weighted by Gasteiger charge is 2.02. The summed E-state index contributed by atoms with van der Waals surface area (Å²) in [6, 6.07) is 1.79. The lowest BCUT2D eigenvalue weighted by molar-refractivity contribution is 0.396. The van der Waals surface area contributed by atoms with Crippen molar-refractivity contribution in [2.45, 2.75) is 13.3 Å². The van der Waals surface area contributed by atoms with Crippen molar-refractivity contribution >= 4 is 5.82 Å².